The lowest BCUT2D eigenvalue weighted by Crippen LogP contribution is -2.45. The molecule has 27 heavy (non-hydrogen) atoms. The zero-order valence-corrected chi connectivity index (χ0v) is 13.6. The first-order chi connectivity index (χ1) is 12.8. The van der Waals surface area contributed by atoms with E-state index in [1.54, 1.807) is 6.07 Å². The predicted octanol–water partition coefficient (Wildman–Crippen LogP) is 1.87. The highest BCUT2D eigenvalue weighted by molar-refractivity contribution is 5.84. The molecular weight excluding hydrogens is 365 g/mol. The van der Waals surface area contributed by atoms with E-state index in [-0.39, 0.29) is 6.54 Å². The van der Waals surface area contributed by atoms with Gasteiger partial charge in [0.15, 0.2) is 0 Å². The summed E-state index contributed by atoms with van der Waals surface area (Å²) in [6.07, 6.45) is -0.0945. The number of pyridine rings is 1. The van der Waals surface area contributed by atoms with Crippen LogP contribution < -0.4 is 16.6 Å². The quantitative estimate of drug-likeness (QED) is 0.601. The molecule has 0 saturated carbocycles. The lowest BCUT2D eigenvalue weighted by Gasteiger charge is -2.08. The molecule has 0 spiro atoms. The molecule has 2 aromatic heterocycles. The van der Waals surface area contributed by atoms with Crippen LogP contribution in [-0.2, 0) is 11.3 Å². The molecule has 3 aromatic rings. The number of primary amides is 1. The Morgan fingerprint density at radius 1 is 1.15 bits per heavy atom. The molecule has 0 aliphatic heterocycles. The number of amides is 3. The predicted molar refractivity (Wildman–Crippen MR) is 88.7 cm³/mol. The van der Waals surface area contributed by atoms with Crippen molar-refractivity contribution in [3.05, 3.63) is 48.0 Å². The third-order valence-corrected chi connectivity index (χ3v) is 3.68. The highest BCUT2D eigenvalue weighted by atomic mass is 19.3. The molecule has 0 fully saturated rings. The number of nitrogens with two attached hydrogens (primary N) is 1. The number of hydrogen-bond acceptors (Lipinski definition) is 4. The number of carbonyl (C=O) groups excluding carboxylic acids is 2. The lowest BCUT2D eigenvalue weighted by atomic mass is 10.0. The van der Waals surface area contributed by atoms with Gasteiger partial charge in [0.25, 0.3) is 12.3 Å². The van der Waals surface area contributed by atoms with Gasteiger partial charge in [0.1, 0.15) is 17.9 Å². The molecule has 0 unspecified atom stereocenters. The van der Waals surface area contributed by atoms with Gasteiger partial charge in [0, 0.05) is 11.8 Å². The Hall–Kier alpha value is -3.63. The van der Waals surface area contributed by atoms with Crippen LogP contribution in [0.15, 0.2) is 36.7 Å². The van der Waals surface area contributed by atoms with Gasteiger partial charge in [0.05, 0.1) is 17.3 Å². The van der Waals surface area contributed by atoms with E-state index in [2.05, 4.69) is 15.5 Å². The van der Waals surface area contributed by atoms with Crippen LogP contribution in [0.3, 0.4) is 0 Å². The molecule has 0 aliphatic carbocycles. The number of hydrogen-bond donors (Lipinski definition) is 3. The van der Waals surface area contributed by atoms with Gasteiger partial charge in [-0.1, -0.05) is 6.07 Å². The summed E-state index contributed by atoms with van der Waals surface area (Å²) in [5.74, 6) is -1.59. The van der Waals surface area contributed by atoms with Crippen LogP contribution in [0.5, 0.6) is 0 Å². The molecule has 0 bridgehead atoms. The number of carbonyl (C=O) groups is 2. The number of urea groups is 1. The number of benzene rings is 1. The Balaban J connectivity index is 1.92. The summed E-state index contributed by atoms with van der Waals surface area (Å²) in [5, 5.41) is 4.03. The summed E-state index contributed by atoms with van der Waals surface area (Å²) >= 11 is 0. The van der Waals surface area contributed by atoms with Crippen molar-refractivity contribution in [3.8, 4) is 11.1 Å². The second-order valence-corrected chi connectivity index (χ2v) is 5.50. The number of nitrogens with one attached hydrogen (secondary N) is 2. The van der Waals surface area contributed by atoms with Crippen molar-refractivity contribution in [2.75, 3.05) is 0 Å². The summed E-state index contributed by atoms with van der Waals surface area (Å²) in [5.41, 5.74) is 9.87. The van der Waals surface area contributed by atoms with Gasteiger partial charge >= 0.3 is 6.03 Å². The van der Waals surface area contributed by atoms with E-state index in [1.807, 2.05) is 5.43 Å². The molecule has 3 rings (SSSR count). The van der Waals surface area contributed by atoms with Gasteiger partial charge in [-0.15, -0.1) is 0 Å². The molecule has 0 saturated heterocycles. The topological polar surface area (TPSA) is 115 Å². The molecular formula is C16H13F3N6O2. The first-order valence-electron chi connectivity index (χ1n) is 7.59. The fourth-order valence-corrected chi connectivity index (χ4v) is 2.44. The van der Waals surface area contributed by atoms with Crippen LogP contribution in [0.2, 0.25) is 0 Å². The van der Waals surface area contributed by atoms with Crippen LogP contribution in [-0.4, -0.2) is 26.7 Å². The Bertz CT molecular complexity index is 1020. The number of rotatable bonds is 4. The fraction of sp³-hybridized carbons (Fsp3) is 0.125. The van der Waals surface area contributed by atoms with Gasteiger partial charge < -0.3 is 5.73 Å². The molecule has 3 amide bonds. The summed E-state index contributed by atoms with van der Waals surface area (Å²) in [7, 11) is 0. The van der Waals surface area contributed by atoms with E-state index >= 15 is 0 Å². The molecule has 0 radical (unpaired) electrons. The first kappa shape index (κ1) is 18.2. The van der Waals surface area contributed by atoms with Crippen LogP contribution in [0, 0.1) is 5.82 Å². The minimum absolute atomic E-state index is 0.249. The Kier molecular flexibility index (Phi) is 4.92. The maximum absolute atomic E-state index is 13.5. The van der Waals surface area contributed by atoms with E-state index in [1.165, 1.54) is 23.1 Å². The van der Waals surface area contributed by atoms with E-state index < -0.39 is 29.7 Å². The summed E-state index contributed by atoms with van der Waals surface area (Å²) in [6.45, 7) is -0.249. The number of fused-ring (bicyclic) bond motifs is 1. The number of aromatic nitrogens is 3. The molecule has 8 nitrogen and oxygen atoms in total. The highest BCUT2D eigenvalue weighted by Crippen LogP contribution is 2.29. The summed E-state index contributed by atoms with van der Waals surface area (Å²) in [4.78, 5) is 26.6. The highest BCUT2D eigenvalue weighted by Gasteiger charge is 2.15. The standard InChI is InChI=1S/C16H13F3N6O2/c17-11-2-1-8(3-10(11)15(18)19)9-4-13-12(21-5-9)6-22-25(13)7-14(26)23-24-16(20)27/h1-6,15H,7H2,(H,23,26)(H3,20,24,27). The van der Waals surface area contributed by atoms with Crippen LogP contribution in [0.4, 0.5) is 18.0 Å². The molecule has 140 valence electrons. The fourth-order valence-electron chi connectivity index (χ4n) is 2.44. The molecule has 1 aromatic carbocycles. The maximum atomic E-state index is 13.5. The minimum Gasteiger partial charge on any atom is -0.350 e. The average molecular weight is 378 g/mol. The van der Waals surface area contributed by atoms with E-state index in [4.69, 9.17) is 5.73 Å². The molecule has 0 atom stereocenters. The smallest absolute Gasteiger partial charge is 0.330 e. The number of hydrazine groups is 1. The van der Waals surface area contributed by atoms with Crippen molar-refractivity contribution >= 4 is 23.0 Å². The van der Waals surface area contributed by atoms with Gasteiger partial charge in [-0.25, -0.2) is 23.4 Å². The van der Waals surface area contributed by atoms with Crippen molar-refractivity contribution in [2.45, 2.75) is 13.0 Å². The van der Waals surface area contributed by atoms with E-state index in [9.17, 15) is 22.8 Å². The lowest BCUT2D eigenvalue weighted by molar-refractivity contribution is -0.122. The van der Waals surface area contributed by atoms with Gasteiger partial charge in [-0.3, -0.25) is 19.9 Å². The summed E-state index contributed by atoms with van der Waals surface area (Å²) in [6, 6.07) is 4.03. The largest absolute Gasteiger partial charge is 0.350 e. The monoisotopic (exact) mass is 378 g/mol. The van der Waals surface area contributed by atoms with Crippen molar-refractivity contribution in [1.29, 1.82) is 0 Å². The van der Waals surface area contributed by atoms with Crippen molar-refractivity contribution < 1.29 is 22.8 Å². The second-order valence-electron chi connectivity index (χ2n) is 5.50. The third-order valence-electron chi connectivity index (χ3n) is 3.68. The zero-order valence-electron chi connectivity index (χ0n) is 13.6. The van der Waals surface area contributed by atoms with E-state index in [0.717, 1.165) is 12.1 Å². The van der Waals surface area contributed by atoms with Crippen molar-refractivity contribution in [3.63, 3.8) is 0 Å². The van der Waals surface area contributed by atoms with Crippen LogP contribution in [0.25, 0.3) is 22.2 Å². The van der Waals surface area contributed by atoms with Gasteiger partial charge in [-0.05, 0) is 23.8 Å². The normalized spacial score (nSPS) is 11.0. The molecule has 0 aliphatic rings. The molecule has 11 heteroatoms. The SMILES string of the molecule is NC(=O)NNC(=O)Cn1ncc2ncc(-c3ccc(F)c(C(F)F)c3)cc21. The van der Waals surface area contributed by atoms with E-state index in [0.29, 0.717) is 22.2 Å². The first-order valence-corrected chi connectivity index (χ1v) is 7.59. The number of alkyl halides is 2. The summed E-state index contributed by atoms with van der Waals surface area (Å²) < 4.78 is 40.6. The third kappa shape index (κ3) is 3.97. The maximum Gasteiger partial charge on any atom is 0.330 e. The Labute approximate surface area is 150 Å². The average Bonchev–Trinajstić information content (AvgIpc) is 3.02. The minimum atomic E-state index is -2.95. The van der Waals surface area contributed by atoms with Crippen molar-refractivity contribution in [2.24, 2.45) is 5.73 Å². The number of nitrogens with zero attached hydrogens (tertiary/aromatic N) is 3. The van der Waals surface area contributed by atoms with Crippen molar-refractivity contribution in [1.82, 2.24) is 25.6 Å². The second kappa shape index (κ2) is 7.32. The van der Waals surface area contributed by atoms with Crippen LogP contribution >= 0.6 is 0 Å². The number of halogens is 3. The Morgan fingerprint density at radius 3 is 2.63 bits per heavy atom. The van der Waals surface area contributed by atoms with Crippen LogP contribution in [0.1, 0.15) is 12.0 Å². The Morgan fingerprint density at radius 2 is 1.93 bits per heavy atom. The molecule has 2 heterocycles. The zero-order chi connectivity index (χ0) is 19.6. The van der Waals surface area contributed by atoms with Gasteiger partial charge in [-0.2, -0.15) is 5.10 Å². The van der Waals surface area contributed by atoms with Gasteiger partial charge in [0.2, 0.25) is 0 Å². The molecule has 4 N–H and O–H groups in total.